The normalized spacial score (nSPS) is 11.8. The lowest BCUT2D eigenvalue weighted by molar-refractivity contribution is -0.140. The predicted molar refractivity (Wildman–Crippen MR) is 57.7 cm³/mol. The summed E-state index contributed by atoms with van der Waals surface area (Å²) in [4.78, 5) is 11.1. The van der Waals surface area contributed by atoms with Crippen molar-refractivity contribution in [1.82, 2.24) is 0 Å². The van der Waals surface area contributed by atoms with Gasteiger partial charge >= 0.3 is 5.97 Å². The molecule has 15 heavy (non-hydrogen) atoms. The van der Waals surface area contributed by atoms with Crippen molar-refractivity contribution in [2.24, 2.45) is 0 Å². The Bertz CT molecular complexity index is 340. The van der Waals surface area contributed by atoms with Crippen LogP contribution in [0, 0.1) is 0 Å². The molecule has 0 aromatic heterocycles. The van der Waals surface area contributed by atoms with Gasteiger partial charge in [-0.1, -0.05) is 18.2 Å². The molecule has 0 radical (unpaired) electrons. The maximum Gasteiger partial charge on any atom is 0.306 e. The van der Waals surface area contributed by atoms with Crippen LogP contribution in [0.15, 0.2) is 36.9 Å². The summed E-state index contributed by atoms with van der Waals surface area (Å²) in [5.74, 6) is -0.134. The summed E-state index contributed by atoms with van der Waals surface area (Å²) in [5.41, 5.74) is 0.938. The quantitative estimate of drug-likeness (QED) is 0.607. The molecule has 0 heterocycles. The third-order valence-corrected chi connectivity index (χ3v) is 2.22. The van der Waals surface area contributed by atoms with Gasteiger partial charge in [0.2, 0.25) is 0 Å². The molecular weight excluding hydrogens is 192 g/mol. The number of carbonyl (C=O) groups is 1. The number of hydrogen-bond acceptors (Lipinski definition) is 3. The van der Waals surface area contributed by atoms with Crippen molar-refractivity contribution in [3.8, 4) is 5.75 Å². The molecule has 1 aromatic rings. The maximum atomic E-state index is 11.1. The van der Waals surface area contributed by atoms with Crippen molar-refractivity contribution in [3.05, 3.63) is 42.5 Å². The third kappa shape index (κ3) is 3.13. The van der Waals surface area contributed by atoms with Gasteiger partial charge in [0.1, 0.15) is 5.75 Å². The van der Waals surface area contributed by atoms with Gasteiger partial charge in [-0.15, -0.1) is 6.58 Å². The van der Waals surface area contributed by atoms with E-state index < -0.39 is 0 Å². The Morgan fingerprint density at radius 2 is 2.13 bits per heavy atom. The third-order valence-electron chi connectivity index (χ3n) is 2.22. The van der Waals surface area contributed by atoms with Gasteiger partial charge < -0.3 is 9.84 Å². The van der Waals surface area contributed by atoms with Gasteiger partial charge in [-0.3, -0.25) is 4.79 Å². The van der Waals surface area contributed by atoms with Gasteiger partial charge in [0, 0.05) is 5.92 Å². The van der Waals surface area contributed by atoms with Gasteiger partial charge in [0.25, 0.3) is 0 Å². The molecule has 0 saturated carbocycles. The van der Waals surface area contributed by atoms with Crippen LogP contribution in [0.5, 0.6) is 5.75 Å². The van der Waals surface area contributed by atoms with Crippen LogP contribution in [0.4, 0.5) is 0 Å². The van der Waals surface area contributed by atoms with Gasteiger partial charge in [-0.05, 0) is 17.7 Å². The highest BCUT2D eigenvalue weighted by molar-refractivity contribution is 5.70. The lowest BCUT2D eigenvalue weighted by Gasteiger charge is -2.11. The standard InChI is InChI=1S/C12H14O3/c1-3-9(8-12(14)15-2)10-4-6-11(13)7-5-10/h3-7,9,13H,1,8H2,2H3/t9-/m0/s1. The van der Waals surface area contributed by atoms with Crippen molar-refractivity contribution in [2.45, 2.75) is 12.3 Å². The number of phenolic OH excluding ortho intramolecular Hbond substituents is 1. The van der Waals surface area contributed by atoms with E-state index in [-0.39, 0.29) is 24.1 Å². The number of allylic oxidation sites excluding steroid dienone is 1. The molecule has 80 valence electrons. The molecule has 0 unspecified atom stereocenters. The van der Waals surface area contributed by atoms with Crippen LogP contribution < -0.4 is 0 Å². The van der Waals surface area contributed by atoms with E-state index in [4.69, 9.17) is 5.11 Å². The maximum absolute atomic E-state index is 11.1. The van der Waals surface area contributed by atoms with Gasteiger partial charge in [0.05, 0.1) is 13.5 Å². The Kier molecular flexibility index (Phi) is 3.92. The molecule has 1 atom stereocenters. The van der Waals surface area contributed by atoms with Crippen LogP contribution in [0.25, 0.3) is 0 Å². The summed E-state index contributed by atoms with van der Waals surface area (Å²) in [7, 11) is 1.36. The van der Waals surface area contributed by atoms with E-state index in [1.165, 1.54) is 7.11 Å². The Morgan fingerprint density at radius 3 is 2.60 bits per heavy atom. The minimum Gasteiger partial charge on any atom is -0.508 e. The Morgan fingerprint density at radius 1 is 1.53 bits per heavy atom. The summed E-state index contributed by atoms with van der Waals surface area (Å²) < 4.78 is 4.59. The van der Waals surface area contributed by atoms with E-state index in [9.17, 15) is 4.79 Å². The average molecular weight is 206 g/mol. The van der Waals surface area contributed by atoms with Crippen LogP contribution >= 0.6 is 0 Å². The highest BCUT2D eigenvalue weighted by Gasteiger charge is 2.12. The largest absolute Gasteiger partial charge is 0.508 e. The molecule has 0 aliphatic rings. The summed E-state index contributed by atoms with van der Waals surface area (Å²) >= 11 is 0. The number of aromatic hydroxyl groups is 1. The van der Waals surface area contributed by atoms with Crippen molar-refractivity contribution >= 4 is 5.97 Å². The molecule has 0 saturated heterocycles. The summed E-state index contributed by atoms with van der Waals surface area (Å²) in [6.07, 6.45) is 1.97. The number of rotatable bonds is 4. The lowest BCUT2D eigenvalue weighted by atomic mass is 9.96. The average Bonchev–Trinajstić information content (AvgIpc) is 2.27. The van der Waals surface area contributed by atoms with Crippen LogP contribution in [0.2, 0.25) is 0 Å². The van der Waals surface area contributed by atoms with Gasteiger partial charge in [-0.25, -0.2) is 0 Å². The number of hydrogen-bond donors (Lipinski definition) is 1. The molecule has 0 aliphatic carbocycles. The second kappa shape index (κ2) is 5.20. The fourth-order valence-electron chi connectivity index (χ4n) is 1.32. The van der Waals surface area contributed by atoms with E-state index in [2.05, 4.69) is 11.3 Å². The number of ether oxygens (including phenoxy) is 1. The molecule has 0 spiro atoms. The Labute approximate surface area is 89.0 Å². The zero-order chi connectivity index (χ0) is 11.3. The van der Waals surface area contributed by atoms with Crippen LogP contribution in [0.1, 0.15) is 17.9 Å². The monoisotopic (exact) mass is 206 g/mol. The minimum absolute atomic E-state index is 0.0713. The molecule has 3 nitrogen and oxygen atoms in total. The van der Waals surface area contributed by atoms with Gasteiger partial charge in [-0.2, -0.15) is 0 Å². The first-order valence-electron chi connectivity index (χ1n) is 4.65. The fourth-order valence-corrected chi connectivity index (χ4v) is 1.32. The number of benzene rings is 1. The Balaban J connectivity index is 2.78. The first-order valence-corrected chi connectivity index (χ1v) is 4.65. The van der Waals surface area contributed by atoms with Crippen molar-refractivity contribution in [1.29, 1.82) is 0 Å². The second-order valence-electron chi connectivity index (χ2n) is 3.21. The molecule has 3 heteroatoms. The van der Waals surface area contributed by atoms with E-state index in [1.807, 2.05) is 0 Å². The van der Waals surface area contributed by atoms with Crippen molar-refractivity contribution < 1.29 is 14.6 Å². The molecule has 0 aliphatic heterocycles. The summed E-state index contributed by atoms with van der Waals surface area (Å²) in [6.45, 7) is 3.68. The lowest BCUT2D eigenvalue weighted by Crippen LogP contribution is -2.06. The molecule has 0 bridgehead atoms. The van der Waals surface area contributed by atoms with E-state index in [1.54, 1.807) is 30.3 Å². The molecule has 1 N–H and O–H groups in total. The predicted octanol–water partition coefficient (Wildman–Crippen LogP) is 2.22. The van der Waals surface area contributed by atoms with Crippen molar-refractivity contribution in [2.75, 3.05) is 7.11 Å². The number of carbonyl (C=O) groups excluding carboxylic acids is 1. The smallest absolute Gasteiger partial charge is 0.306 e. The number of phenols is 1. The first kappa shape index (κ1) is 11.3. The van der Waals surface area contributed by atoms with Crippen LogP contribution in [-0.2, 0) is 9.53 Å². The SMILES string of the molecule is C=C[C@@H](CC(=O)OC)c1ccc(O)cc1. The van der Waals surface area contributed by atoms with Gasteiger partial charge in [0.15, 0.2) is 0 Å². The number of esters is 1. The highest BCUT2D eigenvalue weighted by Crippen LogP contribution is 2.23. The van der Waals surface area contributed by atoms with Crippen LogP contribution in [-0.4, -0.2) is 18.2 Å². The molecule has 1 rings (SSSR count). The zero-order valence-electron chi connectivity index (χ0n) is 8.64. The Hall–Kier alpha value is -1.77. The van der Waals surface area contributed by atoms with E-state index >= 15 is 0 Å². The number of methoxy groups -OCH3 is 1. The zero-order valence-corrected chi connectivity index (χ0v) is 8.64. The second-order valence-corrected chi connectivity index (χ2v) is 3.21. The highest BCUT2D eigenvalue weighted by atomic mass is 16.5. The minimum atomic E-state index is -0.270. The molecule has 1 aromatic carbocycles. The molecule has 0 fully saturated rings. The van der Waals surface area contributed by atoms with Crippen molar-refractivity contribution in [3.63, 3.8) is 0 Å². The summed E-state index contributed by atoms with van der Waals surface area (Å²) in [6, 6.07) is 6.71. The molecular formula is C12H14O3. The molecule has 0 amide bonds. The van der Waals surface area contributed by atoms with E-state index in [0.29, 0.717) is 0 Å². The topological polar surface area (TPSA) is 46.5 Å². The summed E-state index contributed by atoms with van der Waals surface area (Å²) in [5, 5.41) is 9.12. The van der Waals surface area contributed by atoms with Crippen LogP contribution in [0.3, 0.4) is 0 Å². The first-order chi connectivity index (χ1) is 7.17. The van der Waals surface area contributed by atoms with E-state index in [0.717, 1.165) is 5.56 Å². The fraction of sp³-hybridized carbons (Fsp3) is 0.250.